The minimum Gasteiger partial charge on any atom is -0.197 e. The molecule has 0 aromatic carbocycles. The molecular weight excluding hydrogens is 124 g/mol. The van der Waals surface area contributed by atoms with Gasteiger partial charge in [-0.1, -0.05) is 11.6 Å². The molecule has 0 aliphatic rings. The van der Waals surface area contributed by atoms with E-state index in [4.69, 9.17) is 0 Å². The van der Waals surface area contributed by atoms with Crippen LogP contribution in [0.25, 0.3) is 0 Å². The molecule has 0 saturated heterocycles. The molecule has 0 atom stereocenters. The van der Waals surface area contributed by atoms with Crippen molar-refractivity contribution in [3.8, 4) is 0 Å². The third-order valence-corrected chi connectivity index (χ3v) is 0.682. The summed E-state index contributed by atoms with van der Waals surface area (Å²) in [6, 6.07) is 0. The molecule has 0 nitrogen and oxygen atoms in total. The number of thiol groups is 1. The lowest BCUT2D eigenvalue weighted by atomic mass is 10.3. The monoisotopic (exact) mass is 136 g/mol. The Morgan fingerprint density at radius 2 is 2.00 bits per heavy atom. The first kappa shape index (κ1) is 10.4. The largest absolute Gasteiger partial charge is 0.197 e. The van der Waals surface area contributed by atoms with Crippen LogP contribution in [0.5, 0.6) is 0 Å². The first-order valence-electron chi connectivity index (χ1n) is 2.01. The van der Waals surface area contributed by atoms with Crippen molar-refractivity contribution in [3.63, 3.8) is 0 Å². The number of rotatable bonds is 1. The summed E-state index contributed by atoms with van der Waals surface area (Å²) in [5.74, 6) is 0.863. The van der Waals surface area contributed by atoms with Crippen LogP contribution in [0.15, 0.2) is 11.6 Å². The van der Waals surface area contributed by atoms with E-state index in [2.05, 4.69) is 32.6 Å². The fourth-order valence-electron chi connectivity index (χ4n) is 0.183. The highest BCUT2D eigenvalue weighted by Crippen LogP contribution is 1.87. The van der Waals surface area contributed by atoms with Crippen LogP contribution in [0, 0.1) is 0 Å². The molecular formula is C5H12S2. The molecule has 7 heavy (non-hydrogen) atoms. The second kappa shape index (κ2) is 6.44. The lowest BCUT2D eigenvalue weighted by Gasteiger charge is -1.79. The van der Waals surface area contributed by atoms with Crippen molar-refractivity contribution in [1.82, 2.24) is 0 Å². The van der Waals surface area contributed by atoms with Gasteiger partial charge in [-0.25, -0.2) is 0 Å². The van der Waals surface area contributed by atoms with Crippen LogP contribution in [0.3, 0.4) is 0 Å². The van der Waals surface area contributed by atoms with E-state index < -0.39 is 0 Å². The smallest absolute Gasteiger partial charge is 0.00849 e. The van der Waals surface area contributed by atoms with Gasteiger partial charge in [0.15, 0.2) is 0 Å². The first-order valence-corrected chi connectivity index (χ1v) is 2.65. The maximum Gasteiger partial charge on any atom is 0.00849 e. The van der Waals surface area contributed by atoms with Crippen LogP contribution >= 0.6 is 26.1 Å². The van der Waals surface area contributed by atoms with Crippen LogP contribution in [0.1, 0.15) is 13.8 Å². The van der Waals surface area contributed by atoms with E-state index >= 15 is 0 Å². The summed E-state index contributed by atoms with van der Waals surface area (Å²) in [7, 11) is 0. The fourth-order valence-corrected chi connectivity index (χ4v) is 0.548. The zero-order valence-electron chi connectivity index (χ0n) is 4.73. The quantitative estimate of drug-likeness (QED) is 0.413. The molecule has 0 unspecified atom stereocenters. The second-order valence-corrected chi connectivity index (χ2v) is 1.83. The van der Waals surface area contributed by atoms with Gasteiger partial charge in [0.2, 0.25) is 0 Å². The maximum absolute atomic E-state index is 3.98. The predicted molar refractivity (Wildman–Crippen MR) is 43.7 cm³/mol. The van der Waals surface area contributed by atoms with Crippen LogP contribution in [-0.2, 0) is 0 Å². The van der Waals surface area contributed by atoms with Gasteiger partial charge in [-0.05, 0) is 13.8 Å². The Kier molecular flexibility index (Phi) is 9.59. The summed E-state index contributed by atoms with van der Waals surface area (Å²) in [5.41, 5.74) is 1.34. The molecule has 44 valence electrons. The Balaban J connectivity index is 0. The molecule has 2 heteroatoms. The highest BCUT2D eigenvalue weighted by Gasteiger charge is 1.67. The number of allylic oxidation sites excluding steroid dienone is 1. The van der Waals surface area contributed by atoms with Gasteiger partial charge in [-0.3, -0.25) is 0 Å². The van der Waals surface area contributed by atoms with Crippen molar-refractivity contribution in [2.75, 3.05) is 5.75 Å². The van der Waals surface area contributed by atoms with Gasteiger partial charge in [-0.15, -0.1) is 0 Å². The summed E-state index contributed by atoms with van der Waals surface area (Å²) in [6.45, 7) is 4.13. The fraction of sp³-hybridized carbons (Fsp3) is 0.600. The summed E-state index contributed by atoms with van der Waals surface area (Å²) in [5, 5.41) is 0. The maximum atomic E-state index is 3.98. The Labute approximate surface area is 57.9 Å². The van der Waals surface area contributed by atoms with Gasteiger partial charge in [0.05, 0.1) is 0 Å². The summed E-state index contributed by atoms with van der Waals surface area (Å²) < 4.78 is 0. The van der Waals surface area contributed by atoms with E-state index in [1.54, 1.807) is 0 Å². The highest BCUT2D eigenvalue weighted by atomic mass is 32.1. The van der Waals surface area contributed by atoms with Crippen LogP contribution in [0.2, 0.25) is 0 Å². The van der Waals surface area contributed by atoms with E-state index in [1.807, 2.05) is 0 Å². The minimum atomic E-state index is 0. The van der Waals surface area contributed by atoms with Gasteiger partial charge < -0.3 is 0 Å². The van der Waals surface area contributed by atoms with Gasteiger partial charge in [0.1, 0.15) is 0 Å². The zero-order chi connectivity index (χ0) is 4.99. The van der Waals surface area contributed by atoms with Gasteiger partial charge in [-0.2, -0.15) is 26.1 Å². The van der Waals surface area contributed by atoms with Crippen LogP contribution in [-0.4, -0.2) is 5.75 Å². The highest BCUT2D eigenvalue weighted by molar-refractivity contribution is 7.80. The third-order valence-electron chi connectivity index (χ3n) is 0.500. The predicted octanol–water partition coefficient (Wildman–Crippen LogP) is 2.00. The average molecular weight is 136 g/mol. The van der Waals surface area contributed by atoms with Gasteiger partial charge in [0.25, 0.3) is 0 Å². The molecule has 0 aliphatic carbocycles. The van der Waals surface area contributed by atoms with E-state index in [9.17, 15) is 0 Å². The van der Waals surface area contributed by atoms with Crippen LogP contribution < -0.4 is 0 Å². The molecule has 0 fully saturated rings. The molecule has 0 aromatic heterocycles. The second-order valence-electron chi connectivity index (χ2n) is 1.46. The van der Waals surface area contributed by atoms with Crippen molar-refractivity contribution >= 4 is 26.1 Å². The molecule has 0 spiro atoms. The molecule has 0 heterocycles. The SMILES string of the molecule is CC(C)=CCS.S. The van der Waals surface area contributed by atoms with E-state index in [0.29, 0.717) is 0 Å². The van der Waals surface area contributed by atoms with E-state index in [-0.39, 0.29) is 13.5 Å². The lowest BCUT2D eigenvalue weighted by molar-refractivity contribution is 1.37. The minimum absolute atomic E-state index is 0. The van der Waals surface area contributed by atoms with Crippen molar-refractivity contribution in [1.29, 1.82) is 0 Å². The summed E-state index contributed by atoms with van der Waals surface area (Å²) in [6.07, 6.45) is 2.07. The summed E-state index contributed by atoms with van der Waals surface area (Å²) in [4.78, 5) is 0. The number of hydrogen-bond acceptors (Lipinski definition) is 1. The van der Waals surface area contributed by atoms with Crippen molar-refractivity contribution < 1.29 is 0 Å². The Morgan fingerprint density at radius 3 is 2.00 bits per heavy atom. The molecule has 0 bridgehead atoms. The van der Waals surface area contributed by atoms with E-state index in [0.717, 1.165) is 5.75 Å². The topological polar surface area (TPSA) is 0 Å². The van der Waals surface area contributed by atoms with Gasteiger partial charge in [0, 0.05) is 5.75 Å². The molecule has 0 aliphatic heterocycles. The Morgan fingerprint density at radius 1 is 1.57 bits per heavy atom. The Bertz CT molecular complexity index is 53.1. The molecule has 0 amide bonds. The number of hydrogen-bond donors (Lipinski definition) is 1. The molecule has 0 rings (SSSR count). The normalized spacial score (nSPS) is 6.71. The lowest BCUT2D eigenvalue weighted by Crippen LogP contribution is -1.63. The molecule has 0 N–H and O–H groups in total. The molecule has 0 saturated carbocycles. The first-order chi connectivity index (χ1) is 2.77. The van der Waals surface area contributed by atoms with Crippen molar-refractivity contribution in [3.05, 3.63) is 11.6 Å². The molecule has 0 radical (unpaired) electrons. The standard InChI is InChI=1S/C5H10S.H2S/c1-5(2)3-4-6;/h3,6H,4H2,1-2H3;1H2. The average Bonchev–Trinajstić information content (AvgIpc) is 1.35. The van der Waals surface area contributed by atoms with Gasteiger partial charge >= 0.3 is 0 Å². The Hall–Kier alpha value is 0.440. The molecule has 0 aromatic rings. The van der Waals surface area contributed by atoms with E-state index in [1.165, 1.54) is 5.57 Å². The van der Waals surface area contributed by atoms with Crippen molar-refractivity contribution in [2.24, 2.45) is 0 Å². The zero-order valence-corrected chi connectivity index (χ0v) is 6.63. The summed E-state index contributed by atoms with van der Waals surface area (Å²) >= 11 is 3.98. The third kappa shape index (κ3) is 10.7. The van der Waals surface area contributed by atoms with Crippen molar-refractivity contribution in [2.45, 2.75) is 13.8 Å². The van der Waals surface area contributed by atoms with Crippen LogP contribution in [0.4, 0.5) is 0 Å².